The number of amides is 1. The third-order valence-corrected chi connectivity index (χ3v) is 6.93. The molecule has 1 fully saturated rings. The highest BCUT2D eigenvalue weighted by Crippen LogP contribution is 2.36. The van der Waals surface area contributed by atoms with Gasteiger partial charge in [-0.15, -0.1) is 21.5 Å². The molecule has 1 saturated carbocycles. The van der Waals surface area contributed by atoms with Gasteiger partial charge in [-0.2, -0.15) is 0 Å². The summed E-state index contributed by atoms with van der Waals surface area (Å²) in [5.74, 6) is 1.01. The molecule has 0 bridgehead atoms. The van der Waals surface area contributed by atoms with Gasteiger partial charge in [-0.3, -0.25) is 9.69 Å². The van der Waals surface area contributed by atoms with E-state index in [1.807, 2.05) is 5.38 Å². The van der Waals surface area contributed by atoms with Crippen LogP contribution in [0, 0.1) is 5.82 Å². The predicted molar refractivity (Wildman–Crippen MR) is 108 cm³/mol. The molecule has 0 spiro atoms. The first-order chi connectivity index (χ1) is 13.6. The molecule has 3 aromatic rings. The largest absolute Gasteiger partial charge is 0.486 e. The number of thioether (sulfide) groups is 1. The summed E-state index contributed by atoms with van der Waals surface area (Å²) in [6.07, 6.45) is 2.06. The van der Waals surface area contributed by atoms with Crippen LogP contribution in [-0.2, 0) is 17.2 Å². The van der Waals surface area contributed by atoms with Gasteiger partial charge in [-0.25, -0.2) is 9.37 Å². The van der Waals surface area contributed by atoms with Crippen LogP contribution in [0.15, 0.2) is 34.0 Å². The van der Waals surface area contributed by atoms with E-state index in [0.717, 1.165) is 27.9 Å². The normalized spacial score (nSPS) is 13.5. The van der Waals surface area contributed by atoms with Gasteiger partial charge in [0.1, 0.15) is 23.2 Å². The van der Waals surface area contributed by atoms with E-state index >= 15 is 0 Å². The number of benzene rings is 1. The minimum Gasteiger partial charge on any atom is -0.486 e. The van der Waals surface area contributed by atoms with E-state index in [-0.39, 0.29) is 17.8 Å². The lowest BCUT2D eigenvalue weighted by Gasteiger charge is -2.15. The first-order valence-electron chi connectivity index (χ1n) is 8.66. The highest BCUT2D eigenvalue weighted by Gasteiger charge is 2.34. The lowest BCUT2D eigenvalue weighted by atomic mass is 10.3. The van der Waals surface area contributed by atoms with Crippen LogP contribution in [-0.4, -0.2) is 27.1 Å². The van der Waals surface area contributed by atoms with E-state index in [1.54, 1.807) is 35.7 Å². The molecule has 0 radical (unpaired) electrons. The Bertz CT molecular complexity index is 956. The van der Waals surface area contributed by atoms with Crippen molar-refractivity contribution in [2.75, 3.05) is 4.90 Å². The minimum absolute atomic E-state index is 0.0143. The van der Waals surface area contributed by atoms with Crippen molar-refractivity contribution in [1.29, 1.82) is 0 Å². The van der Waals surface area contributed by atoms with Crippen LogP contribution < -0.4 is 9.64 Å². The Morgan fingerprint density at radius 2 is 2.11 bits per heavy atom. The zero-order valence-corrected chi connectivity index (χ0v) is 17.5. The minimum atomic E-state index is -0.288. The zero-order valence-electron chi connectivity index (χ0n) is 15.0. The standard InChI is InChI=1S/C18H17FN4O2S3/c1-11(24)23(14-4-5-14)17-21-22-18(28-17)27-10-13-9-26-16(20-13)8-25-15-6-2-12(19)3-7-15/h2-3,6-7,9,14H,4-5,8,10H2,1H3. The molecule has 0 unspecified atom stereocenters. The van der Waals surface area contributed by atoms with Gasteiger partial charge in [0.15, 0.2) is 4.34 Å². The van der Waals surface area contributed by atoms with Gasteiger partial charge in [0.05, 0.1) is 5.69 Å². The molecule has 28 heavy (non-hydrogen) atoms. The van der Waals surface area contributed by atoms with Crippen LogP contribution in [0.2, 0.25) is 0 Å². The van der Waals surface area contributed by atoms with Gasteiger partial charge < -0.3 is 4.74 Å². The van der Waals surface area contributed by atoms with Crippen molar-refractivity contribution in [3.05, 3.63) is 46.2 Å². The molecule has 2 aromatic heterocycles. The Hall–Kier alpha value is -2.04. The van der Waals surface area contributed by atoms with E-state index < -0.39 is 0 Å². The number of thiazole rings is 1. The number of anilines is 1. The van der Waals surface area contributed by atoms with Gasteiger partial charge >= 0.3 is 0 Å². The fourth-order valence-corrected chi connectivity index (χ4v) is 5.19. The fourth-order valence-electron chi connectivity index (χ4n) is 2.53. The summed E-state index contributed by atoms with van der Waals surface area (Å²) in [6, 6.07) is 6.21. The Balaban J connectivity index is 1.30. The monoisotopic (exact) mass is 436 g/mol. The van der Waals surface area contributed by atoms with Crippen LogP contribution in [0.3, 0.4) is 0 Å². The maximum atomic E-state index is 12.9. The number of hydrogen-bond acceptors (Lipinski definition) is 8. The van der Waals surface area contributed by atoms with Crippen molar-refractivity contribution in [1.82, 2.24) is 15.2 Å². The van der Waals surface area contributed by atoms with E-state index in [9.17, 15) is 9.18 Å². The molecule has 1 amide bonds. The second-order valence-corrected chi connectivity index (χ2v) is 9.36. The Morgan fingerprint density at radius 3 is 2.82 bits per heavy atom. The smallest absolute Gasteiger partial charge is 0.225 e. The quantitative estimate of drug-likeness (QED) is 0.382. The van der Waals surface area contributed by atoms with Gasteiger partial charge in [-0.05, 0) is 37.1 Å². The van der Waals surface area contributed by atoms with E-state index in [0.29, 0.717) is 23.2 Å². The molecular weight excluding hydrogens is 419 g/mol. The topological polar surface area (TPSA) is 68.2 Å². The molecule has 1 aliphatic rings. The van der Waals surface area contributed by atoms with Crippen LogP contribution in [0.25, 0.3) is 0 Å². The first-order valence-corrected chi connectivity index (χ1v) is 11.3. The molecule has 0 aliphatic heterocycles. The van der Waals surface area contributed by atoms with E-state index in [4.69, 9.17) is 4.74 Å². The molecule has 4 rings (SSSR count). The average Bonchev–Trinajstić information content (AvgIpc) is 3.21. The molecule has 0 N–H and O–H groups in total. The summed E-state index contributed by atoms with van der Waals surface area (Å²) < 4.78 is 19.3. The van der Waals surface area contributed by atoms with Crippen molar-refractivity contribution in [2.24, 2.45) is 0 Å². The highest BCUT2D eigenvalue weighted by atomic mass is 32.2. The number of hydrogen-bond donors (Lipinski definition) is 0. The summed E-state index contributed by atoms with van der Waals surface area (Å²) in [6.45, 7) is 1.91. The highest BCUT2D eigenvalue weighted by molar-refractivity contribution is 8.00. The van der Waals surface area contributed by atoms with Crippen LogP contribution in [0.5, 0.6) is 5.75 Å². The van der Waals surface area contributed by atoms with E-state index in [1.165, 1.54) is 34.8 Å². The Kier molecular flexibility index (Phi) is 5.88. The number of ether oxygens (including phenoxy) is 1. The molecular formula is C18H17FN4O2S3. The van der Waals surface area contributed by atoms with Crippen LogP contribution in [0.4, 0.5) is 9.52 Å². The maximum absolute atomic E-state index is 12.9. The lowest BCUT2D eigenvalue weighted by Crippen LogP contribution is -2.30. The SMILES string of the molecule is CC(=O)N(c1nnc(SCc2csc(COc3ccc(F)cc3)n2)s1)C1CC1. The molecule has 0 atom stereocenters. The number of aromatic nitrogens is 3. The van der Waals surface area contributed by atoms with Crippen molar-refractivity contribution in [3.63, 3.8) is 0 Å². The number of carbonyl (C=O) groups is 1. The maximum Gasteiger partial charge on any atom is 0.225 e. The third kappa shape index (κ3) is 4.86. The first kappa shape index (κ1) is 19.3. The summed E-state index contributed by atoms with van der Waals surface area (Å²) in [5, 5.41) is 11.9. The van der Waals surface area contributed by atoms with Gasteiger partial charge in [0, 0.05) is 24.1 Å². The number of halogens is 1. The van der Waals surface area contributed by atoms with Crippen molar-refractivity contribution in [2.45, 2.75) is 42.5 Å². The summed E-state index contributed by atoms with van der Waals surface area (Å²) in [5.41, 5.74) is 0.940. The Labute approximate surface area is 173 Å². The molecule has 10 heteroatoms. The molecule has 146 valence electrons. The van der Waals surface area contributed by atoms with Gasteiger partial charge in [0.25, 0.3) is 0 Å². The number of carbonyl (C=O) groups excluding carboxylic acids is 1. The summed E-state index contributed by atoms with van der Waals surface area (Å²) in [7, 11) is 0. The van der Waals surface area contributed by atoms with Gasteiger partial charge in [-0.1, -0.05) is 23.1 Å². The van der Waals surface area contributed by atoms with Crippen molar-refractivity contribution < 1.29 is 13.9 Å². The zero-order chi connectivity index (χ0) is 19.5. The second kappa shape index (κ2) is 8.54. The molecule has 0 saturated heterocycles. The van der Waals surface area contributed by atoms with E-state index in [2.05, 4.69) is 15.2 Å². The van der Waals surface area contributed by atoms with Crippen LogP contribution in [0.1, 0.15) is 30.5 Å². The van der Waals surface area contributed by atoms with Crippen LogP contribution >= 0.6 is 34.4 Å². The predicted octanol–water partition coefficient (Wildman–Crippen LogP) is 4.52. The molecule has 2 heterocycles. The summed E-state index contributed by atoms with van der Waals surface area (Å²) in [4.78, 5) is 18.1. The Morgan fingerprint density at radius 1 is 1.32 bits per heavy atom. The lowest BCUT2D eigenvalue weighted by molar-refractivity contribution is -0.116. The average molecular weight is 437 g/mol. The summed E-state index contributed by atoms with van der Waals surface area (Å²) >= 11 is 4.52. The van der Waals surface area contributed by atoms with Crippen molar-refractivity contribution in [3.8, 4) is 5.75 Å². The molecule has 1 aromatic carbocycles. The van der Waals surface area contributed by atoms with Gasteiger partial charge in [0.2, 0.25) is 11.0 Å². The third-order valence-electron chi connectivity index (χ3n) is 3.97. The fraction of sp³-hybridized carbons (Fsp3) is 0.333. The van der Waals surface area contributed by atoms with Crippen molar-refractivity contribution >= 4 is 45.5 Å². The molecule has 1 aliphatic carbocycles. The second-order valence-electron chi connectivity index (χ2n) is 6.23. The number of nitrogens with zero attached hydrogens (tertiary/aromatic N) is 4. The molecule has 6 nitrogen and oxygen atoms in total. The number of rotatable bonds is 8.